The van der Waals surface area contributed by atoms with Gasteiger partial charge < -0.3 is 14.4 Å². The van der Waals surface area contributed by atoms with Crippen LogP contribution in [0.5, 0.6) is 0 Å². The average molecular weight is 410 g/mol. The molecule has 1 heterocycles. The molecule has 0 saturated heterocycles. The van der Waals surface area contributed by atoms with Crippen molar-refractivity contribution in [2.24, 2.45) is 5.16 Å². The highest BCUT2D eigenvalue weighted by Gasteiger charge is 2.50. The monoisotopic (exact) mass is 409 g/mol. The largest absolute Gasteiger partial charge is 0.405 e. The van der Waals surface area contributed by atoms with E-state index < -0.39 is 20.5 Å². The Kier molecular flexibility index (Phi) is 6.41. The molecule has 0 radical (unpaired) electrons. The van der Waals surface area contributed by atoms with E-state index in [0.29, 0.717) is 6.42 Å². The normalized spacial score (nSPS) is 18.1. The number of hydrogen-bond acceptors (Lipinski definition) is 4. The van der Waals surface area contributed by atoms with E-state index in [9.17, 15) is 5.11 Å². The maximum Gasteiger partial charge on any atom is 0.261 e. The van der Waals surface area contributed by atoms with Crippen LogP contribution in [0, 0.1) is 0 Å². The van der Waals surface area contributed by atoms with Crippen molar-refractivity contribution in [3.05, 3.63) is 72.8 Å². The fourth-order valence-corrected chi connectivity index (χ4v) is 8.51. The highest BCUT2D eigenvalue weighted by atomic mass is 28.4. The molecule has 0 bridgehead atoms. The molecule has 0 fully saturated rings. The predicted octanol–water partition coefficient (Wildman–Crippen LogP) is 3.64. The van der Waals surface area contributed by atoms with Gasteiger partial charge in [0.1, 0.15) is 6.10 Å². The maximum absolute atomic E-state index is 10.8. The molecule has 3 rings (SSSR count). The summed E-state index contributed by atoms with van der Waals surface area (Å²) in [6.45, 7) is 12.7. The molecule has 1 aliphatic rings. The van der Waals surface area contributed by atoms with Crippen LogP contribution in [-0.2, 0) is 9.26 Å². The Labute approximate surface area is 175 Å². The molecule has 2 atom stereocenters. The van der Waals surface area contributed by atoms with Crippen LogP contribution in [0.1, 0.15) is 34.1 Å². The van der Waals surface area contributed by atoms with Crippen LogP contribution < -0.4 is 10.4 Å². The molecule has 2 aromatic rings. The molecular weight excluding hydrogens is 378 g/mol. The Morgan fingerprint density at radius 1 is 1.14 bits per heavy atom. The molecule has 0 unspecified atom stereocenters. The summed E-state index contributed by atoms with van der Waals surface area (Å²) in [4.78, 5) is 5.46. The van der Waals surface area contributed by atoms with E-state index in [1.54, 1.807) is 0 Å². The Morgan fingerprint density at radius 3 is 2.07 bits per heavy atom. The Bertz CT molecular complexity index is 819. The zero-order valence-corrected chi connectivity index (χ0v) is 18.8. The minimum atomic E-state index is -2.67. The summed E-state index contributed by atoms with van der Waals surface area (Å²) in [5.74, 6) is 0. The first-order valence-corrected chi connectivity index (χ1v) is 12.0. The van der Waals surface area contributed by atoms with Gasteiger partial charge in [0.25, 0.3) is 8.32 Å². The van der Waals surface area contributed by atoms with Gasteiger partial charge in [0.2, 0.25) is 0 Å². The van der Waals surface area contributed by atoms with Crippen LogP contribution in [0.25, 0.3) is 0 Å². The Balaban J connectivity index is 1.91. The second-order valence-electron chi connectivity index (χ2n) is 8.71. The number of allylic oxidation sites excluding steroid dienone is 1. The maximum atomic E-state index is 10.8. The van der Waals surface area contributed by atoms with Crippen LogP contribution >= 0.6 is 0 Å². The summed E-state index contributed by atoms with van der Waals surface area (Å²) in [5, 5.41) is 17.2. The number of aliphatic hydroxyl groups is 1. The van der Waals surface area contributed by atoms with Crippen LogP contribution in [-0.4, -0.2) is 38.0 Å². The van der Waals surface area contributed by atoms with Gasteiger partial charge >= 0.3 is 0 Å². The van der Waals surface area contributed by atoms with Gasteiger partial charge in [0, 0.05) is 6.42 Å². The number of oxime groups is 1. The summed E-state index contributed by atoms with van der Waals surface area (Å²) < 4.78 is 6.77. The van der Waals surface area contributed by atoms with Crippen molar-refractivity contribution in [3.63, 3.8) is 0 Å². The Morgan fingerprint density at radius 2 is 1.66 bits per heavy atom. The third-order valence-corrected chi connectivity index (χ3v) is 10.5. The van der Waals surface area contributed by atoms with Gasteiger partial charge in [0.15, 0.2) is 6.10 Å². The number of nitrogens with zero attached hydrogens (tertiary/aromatic N) is 1. The van der Waals surface area contributed by atoms with Crippen molar-refractivity contribution in [2.75, 3.05) is 6.61 Å². The summed E-state index contributed by atoms with van der Waals surface area (Å²) in [7, 11) is -2.67. The molecule has 0 aliphatic carbocycles. The highest BCUT2D eigenvalue weighted by Crippen LogP contribution is 2.37. The molecule has 1 aliphatic heterocycles. The van der Waals surface area contributed by atoms with E-state index in [1.165, 1.54) is 10.4 Å². The predicted molar refractivity (Wildman–Crippen MR) is 121 cm³/mol. The van der Waals surface area contributed by atoms with Crippen LogP contribution in [0.15, 0.2) is 78.0 Å². The highest BCUT2D eigenvalue weighted by molar-refractivity contribution is 6.99. The van der Waals surface area contributed by atoms with Gasteiger partial charge in [0.05, 0.1) is 12.3 Å². The van der Waals surface area contributed by atoms with Gasteiger partial charge in [-0.1, -0.05) is 93.2 Å². The van der Waals surface area contributed by atoms with Gasteiger partial charge in [-0.05, 0) is 27.9 Å². The van der Waals surface area contributed by atoms with Crippen molar-refractivity contribution in [2.45, 2.75) is 51.4 Å². The van der Waals surface area contributed by atoms with Crippen molar-refractivity contribution in [1.82, 2.24) is 0 Å². The van der Waals surface area contributed by atoms with Gasteiger partial charge in [-0.2, -0.15) is 0 Å². The Hall–Kier alpha value is -2.21. The number of hydrogen-bond donors (Lipinski definition) is 1. The molecule has 4 nitrogen and oxygen atoms in total. The van der Waals surface area contributed by atoms with Gasteiger partial charge in [-0.3, -0.25) is 0 Å². The minimum absolute atomic E-state index is 0.134. The lowest BCUT2D eigenvalue weighted by Crippen LogP contribution is -2.67. The number of aliphatic hydroxyl groups excluding tert-OH is 1. The van der Waals surface area contributed by atoms with Crippen molar-refractivity contribution < 1.29 is 14.4 Å². The van der Waals surface area contributed by atoms with Crippen LogP contribution in [0.3, 0.4) is 0 Å². The van der Waals surface area contributed by atoms with Crippen molar-refractivity contribution >= 4 is 24.4 Å². The summed E-state index contributed by atoms with van der Waals surface area (Å²) in [6.07, 6.45) is -0.613. The molecular formula is C24H31NO3Si. The zero-order chi connectivity index (χ0) is 21.1. The first-order chi connectivity index (χ1) is 13.8. The molecule has 0 aromatic heterocycles. The number of benzene rings is 2. The van der Waals surface area contributed by atoms with E-state index in [1.807, 2.05) is 19.1 Å². The molecule has 1 N–H and O–H groups in total. The van der Waals surface area contributed by atoms with Crippen LogP contribution in [0.2, 0.25) is 5.04 Å². The lowest BCUT2D eigenvalue weighted by Gasteiger charge is -2.43. The SMILES string of the molecule is C=C(C)C1=NO[C@H]([C@@H](O)CO[Si](c2ccccc2)(c2ccccc2)C(C)(C)C)C1. The molecule has 0 saturated carbocycles. The summed E-state index contributed by atoms with van der Waals surface area (Å²) in [6, 6.07) is 20.8. The average Bonchev–Trinajstić information content (AvgIpc) is 3.20. The lowest BCUT2D eigenvalue weighted by atomic mass is 10.0. The van der Waals surface area contributed by atoms with E-state index in [0.717, 1.165) is 11.3 Å². The van der Waals surface area contributed by atoms with Gasteiger partial charge in [-0.15, -0.1) is 0 Å². The van der Waals surface area contributed by atoms with Crippen molar-refractivity contribution in [3.8, 4) is 0 Å². The molecule has 5 heteroatoms. The summed E-state index contributed by atoms with van der Waals surface area (Å²) in [5.41, 5.74) is 1.67. The van der Waals surface area contributed by atoms with E-state index >= 15 is 0 Å². The lowest BCUT2D eigenvalue weighted by molar-refractivity contribution is -0.0376. The fourth-order valence-electron chi connectivity index (χ4n) is 3.93. The standard InChI is InChI=1S/C24H31NO3Si/c1-18(2)21-16-23(28-25-21)22(26)17-27-29(24(3,4)5,19-12-8-6-9-13-19)20-14-10-7-11-15-20/h6-15,22-23,26H,1,16-17H2,2-5H3/t22-,23-/m0/s1. The molecule has 154 valence electrons. The molecule has 29 heavy (non-hydrogen) atoms. The third kappa shape index (κ3) is 4.37. The summed E-state index contributed by atoms with van der Waals surface area (Å²) >= 11 is 0. The van der Waals surface area contributed by atoms with E-state index in [-0.39, 0.29) is 11.6 Å². The van der Waals surface area contributed by atoms with Gasteiger partial charge in [-0.25, -0.2) is 0 Å². The van der Waals surface area contributed by atoms with E-state index in [2.05, 4.69) is 81.0 Å². The second-order valence-corrected chi connectivity index (χ2v) is 13.0. The zero-order valence-electron chi connectivity index (χ0n) is 17.8. The quantitative estimate of drug-likeness (QED) is 0.710. The number of rotatable bonds is 7. The molecule has 0 amide bonds. The molecule has 0 spiro atoms. The van der Waals surface area contributed by atoms with Crippen molar-refractivity contribution in [1.29, 1.82) is 0 Å². The van der Waals surface area contributed by atoms with E-state index in [4.69, 9.17) is 9.26 Å². The first-order valence-electron chi connectivity index (χ1n) is 10.1. The minimum Gasteiger partial charge on any atom is -0.405 e. The first kappa shape index (κ1) is 21.5. The van der Waals surface area contributed by atoms with Crippen LogP contribution in [0.4, 0.5) is 0 Å². The third-order valence-electron chi connectivity index (χ3n) is 5.50. The topological polar surface area (TPSA) is 51.0 Å². The smallest absolute Gasteiger partial charge is 0.261 e. The fraction of sp³-hybridized carbons (Fsp3) is 0.375. The molecule has 2 aromatic carbocycles. The second kappa shape index (κ2) is 8.65.